The van der Waals surface area contributed by atoms with Gasteiger partial charge in [0.2, 0.25) is 0 Å². The summed E-state index contributed by atoms with van der Waals surface area (Å²) in [5, 5.41) is 0. The van der Waals surface area contributed by atoms with Crippen LogP contribution in [0.2, 0.25) is 0 Å². The fourth-order valence-electron chi connectivity index (χ4n) is 2.13. The number of aromatic nitrogens is 1. The van der Waals surface area contributed by atoms with Crippen molar-refractivity contribution in [3.8, 4) is 0 Å². The number of aryl methyl sites for hydroxylation is 1. The Bertz CT molecular complexity index is 549. The van der Waals surface area contributed by atoms with Crippen molar-refractivity contribution >= 4 is 17.9 Å². The summed E-state index contributed by atoms with van der Waals surface area (Å²) in [7, 11) is 0. The lowest BCUT2D eigenvalue weighted by Gasteiger charge is -2.07. The zero-order valence-electron chi connectivity index (χ0n) is 13.8. The van der Waals surface area contributed by atoms with Crippen molar-refractivity contribution in [1.29, 1.82) is 0 Å². The molecule has 1 aromatic heterocycles. The van der Waals surface area contributed by atoms with Crippen LogP contribution in [0.25, 0.3) is 0 Å². The highest BCUT2D eigenvalue weighted by atomic mass is 16.5. The molecule has 7 nitrogen and oxygen atoms in total. The molecule has 0 amide bonds. The van der Waals surface area contributed by atoms with Gasteiger partial charge in [0.1, 0.15) is 5.69 Å². The van der Waals surface area contributed by atoms with Crippen molar-refractivity contribution in [3.05, 3.63) is 23.0 Å². The van der Waals surface area contributed by atoms with E-state index in [0.717, 1.165) is 0 Å². The number of carbonyl (C=O) groups is 3. The van der Waals surface area contributed by atoms with Crippen LogP contribution in [0.3, 0.4) is 0 Å². The van der Waals surface area contributed by atoms with Crippen molar-refractivity contribution in [2.24, 2.45) is 0 Å². The Balaban J connectivity index is 2.93. The van der Waals surface area contributed by atoms with Crippen LogP contribution in [0.1, 0.15) is 48.8 Å². The molecular weight excluding hydrogens is 302 g/mol. The van der Waals surface area contributed by atoms with Crippen molar-refractivity contribution in [2.75, 3.05) is 19.8 Å². The second-order valence-electron chi connectivity index (χ2n) is 4.67. The molecular formula is C16H23NO6. The lowest BCUT2D eigenvalue weighted by molar-refractivity contribution is -0.143. The molecule has 1 N–H and O–H groups in total. The fourth-order valence-corrected chi connectivity index (χ4v) is 2.13. The standard InChI is InChI=1S/C16H23NO6/c1-4-21-13(18)8-7-11-10-17-15(16(20)23-6-3)12(11)9-14(19)22-5-2/h10,17H,4-9H2,1-3H3. The predicted molar refractivity (Wildman–Crippen MR) is 82.0 cm³/mol. The smallest absolute Gasteiger partial charge is 0.355 e. The molecule has 23 heavy (non-hydrogen) atoms. The molecule has 7 heteroatoms. The number of hydrogen-bond donors (Lipinski definition) is 1. The highest BCUT2D eigenvalue weighted by molar-refractivity contribution is 5.91. The summed E-state index contributed by atoms with van der Waals surface area (Å²) in [6.45, 7) is 5.95. The molecule has 1 heterocycles. The Morgan fingerprint density at radius 1 is 0.957 bits per heavy atom. The van der Waals surface area contributed by atoms with Crippen molar-refractivity contribution in [1.82, 2.24) is 4.98 Å². The minimum absolute atomic E-state index is 0.0519. The van der Waals surface area contributed by atoms with Gasteiger partial charge in [0.15, 0.2) is 0 Å². The first-order chi connectivity index (χ1) is 11.0. The molecule has 0 aromatic carbocycles. The Hall–Kier alpha value is -2.31. The largest absolute Gasteiger partial charge is 0.466 e. The molecule has 0 spiro atoms. The number of ether oxygens (including phenoxy) is 3. The predicted octanol–water partition coefficient (Wildman–Crippen LogP) is 1.79. The summed E-state index contributed by atoms with van der Waals surface area (Å²) in [4.78, 5) is 38.0. The van der Waals surface area contributed by atoms with Gasteiger partial charge in [-0.15, -0.1) is 0 Å². The second-order valence-corrected chi connectivity index (χ2v) is 4.67. The van der Waals surface area contributed by atoms with Crippen molar-refractivity contribution in [3.63, 3.8) is 0 Å². The van der Waals surface area contributed by atoms with Gasteiger partial charge in [-0.2, -0.15) is 0 Å². The summed E-state index contributed by atoms with van der Waals surface area (Å²) in [5.74, 6) is -1.29. The summed E-state index contributed by atoms with van der Waals surface area (Å²) in [6, 6.07) is 0. The Labute approximate surface area is 135 Å². The van der Waals surface area contributed by atoms with E-state index in [4.69, 9.17) is 14.2 Å². The van der Waals surface area contributed by atoms with E-state index in [2.05, 4.69) is 4.98 Å². The average molecular weight is 325 g/mol. The minimum atomic E-state index is -0.533. The van der Waals surface area contributed by atoms with E-state index in [0.29, 0.717) is 24.2 Å². The molecule has 0 saturated heterocycles. The highest BCUT2D eigenvalue weighted by Crippen LogP contribution is 2.19. The van der Waals surface area contributed by atoms with Crippen molar-refractivity contribution in [2.45, 2.75) is 40.0 Å². The second kappa shape index (κ2) is 9.66. The van der Waals surface area contributed by atoms with Gasteiger partial charge in [0.25, 0.3) is 0 Å². The van der Waals surface area contributed by atoms with Gasteiger partial charge in [-0.1, -0.05) is 0 Å². The molecule has 0 radical (unpaired) electrons. The van der Waals surface area contributed by atoms with Gasteiger partial charge in [-0.25, -0.2) is 4.79 Å². The molecule has 0 bridgehead atoms. The van der Waals surface area contributed by atoms with Gasteiger partial charge in [-0.3, -0.25) is 9.59 Å². The molecule has 0 aliphatic carbocycles. The number of hydrogen-bond acceptors (Lipinski definition) is 6. The van der Waals surface area contributed by atoms with Crippen LogP contribution in [0.5, 0.6) is 0 Å². The third kappa shape index (κ3) is 5.77. The summed E-state index contributed by atoms with van der Waals surface area (Å²) in [5.41, 5.74) is 1.43. The number of aromatic amines is 1. The number of H-pyrrole nitrogens is 1. The van der Waals surface area contributed by atoms with Gasteiger partial charge in [-0.05, 0) is 38.3 Å². The van der Waals surface area contributed by atoms with E-state index in [1.165, 1.54) is 0 Å². The molecule has 0 fully saturated rings. The van der Waals surface area contributed by atoms with Gasteiger partial charge in [0.05, 0.1) is 26.2 Å². The third-order valence-corrected chi connectivity index (χ3v) is 3.09. The zero-order chi connectivity index (χ0) is 17.2. The van der Waals surface area contributed by atoms with E-state index in [-0.39, 0.29) is 37.7 Å². The topological polar surface area (TPSA) is 94.7 Å². The molecule has 0 aliphatic rings. The maximum Gasteiger partial charge on any atom is 0.355 e. The molecule has 0 aliphatic heterocycles. The molecule has 0 atom stereocenters. The average Bonchev–Trinajstić information content (AvgIpc) is 2.89. The van der Waals surface area contributed by atoms with Crippen LogP contribution in [-0.2, 0) is 36.6 Å². The summed E-state index contributed by atoms with van der Waals surface area (Å²) in [6.07, 6.45) is 2.09. The van der Waals surface area contributed by atoms with E-state index >= 15 is 0 Å². The molecule has 1 rings (SSSR count). The van der Waals surface area contributed by atoms with Crippen LogP contribution >= 0.6 is 0 Å². The molecule has 0 saturated carbocycles. The molecule has 1 aromatic rings. The Morgan fingerprint density at radius 2 is 1.57 bits per heavy atom. The van der Waals surface area contributed by atoms with Gasteiger partial charge in [0, 0.05) is 12.6 Å². The van der Waals surface area contributed by atoms with Gasteiger partial charge >= 0.3 is 17.9 Å². The first-order valence-electron chi connectivity index (χ1n) is 7.70. The van der Waals surface area contributed by atoms with Crippen LogP contribution in [0.15, 0.2) is 6.20 Å². The molecule has 128 valence electrons. The fraction of sp³-hybridized carbons (Fsp3) is 0.562. The van der Waals surface area contributed by atoms with Crippen LogP contribution in [0.4, 0.5) is 0 Å². The van der Waals surface area contributed by atoms with Crippen LogP contribution < -0.4 is 0 Å². The Kier molecular flexibility index (Phi) is 7.87. The maximum atomic E-state index is 12.0. The van der Waals surface area contributed by atoms with E-state index in [9.17, 15) is 14.4 Å². The molecule has 0 unspecified atom stereocenters. The number of nitrogens with one attached hydrogen (secondary N) is 1. The van der Waals surface area contributed by atoms with Crippen LogP contribution in [0, 0.1) is 0 Å². The lowest BCUT2D eigenvalue weighted by Crippen LogP contribution is -2.14. The summed E-state index contributed by atoms with van der Waals surface area (Å²) < 4.78 is 14.8. The maximum absolute atomic E-state index is 12.0. The van der Waals surface area contributed by atoms with Crippen LogP contribution in [-0.4, -0.2) is 42.7 Å². The van der Waals surface area contributed by atoms with Crippen molar-refractivity contribution < 1.29 is 28.6 Å². The quantitative estimate of drug-likeness (QED) is 0.549. The minimum Gasteiger partial charge on any atom is -0.466 e. The summed E-state index contributed by atoms with van der Waals surface area (Å²) >= 11 is 0. The normalized spacial score (nSPS) is 10.2. The first kappa shape index (κ1) is 18.7. The number of esters is 3. The van der Waals surface area contributed by atoms with Gasteiger partial charge < -0.3 is 19.2 Å². The van der Waals surface area contributed by atoms with E-state index in [1.807, 2.05) is 0 Å². The number of rotatable bonds is 9. The van der Waals surface area contributed by atoms with E-state index < -0.39 is 11.9 Å². The highest BCUT2D eigenvalue weighted by Gasteiger charge is 2.21. The lowest BCUT2D eigenvalue weighted by atomic mass is 10.0. The monoisotopic (exact) mass is 325 g/mol. The van der Waals surface area contributed by atoms with E-state index in [1.54, 1.807) is 27.0 Å². The zero-order valence-corrected chi connectivity index (χ0v) is 13.8. The third-order valence-electron chi connectivity index (χ3n) is 3.09. The Morgan fingerprint density at radius 3 is 2.17 bits per heavy atom. The first-order valence-corrected chi connectivity index (χ1v) is 7.70. The SMILES string of the molecule is CCOC(=O)CCc1c[nH]c(C(=O)OCC)c1CC(=O)OCC. The number of carbonyl (C=O) groups excluding carboxylic acids is 3.